The van der Waals surface area contributed by atoms with E-state index < -0.39 is 0 Å². The molecule has 3 aromatic carbocycles. The topological polar surface area (TPSA) is 48.1 Å². The summed E-state index contributed by atoms with van der Waals surface area (Å²) in [6.07, 6.45) is 2.05. The lowest BCUT2D eigenvalue weighted by Gasteiger charge is -2.13. The van der Waals surface area contributed by atoms with Gasteiger partial charge in [0.25, 0.3) is 0 Å². The summed E-state index contributed by atoms with van der Waals surface area (Å²) in [5, 5.41) is 12.5. The number of aromatic nitrogens is 1. The van der Waals surface area contributed by atoms with Crippen LogP contribution in [0.4, 0.5) is 0 Å². The van der Waals surface area contributed by atoms with Crippen molar-refractivity contribution in [2.45, 2.75) is 12.8 Å². The first-order chi connectivity index (χ1) is 13.1. The quantitative estimate of drug-likeness (QED) is 0.357. The summed E-state index contributed by atoms with van der Waals surface area (Å²) in [6.45, 7) is 1.89. The summed E-state index contributed by atoms with van der Waals surface area (Å²) in [4.78, 5) is 11.2. The highest BCUT2D eigenvalue weighted by Crippen LogP contribution is 2.34. The number of benzene rings is 3. The van der Waals surface area contributed by atoms with Crippen LogP contribution in [0, 0.1) is 17.0 Å². The number of hydrogen-bond donors (Lipinski definition) is 0. The molecule has 0 amide bonds. The molecule has 0 saturated heterocycles. The number of fused-ring (bicyclic) bond motifs is 1. The van der Waals surface area contributed by atoms with Gasteiger partial charge in [-0.3, -0.25) is 10.1 Å². The van der Waals surface area contributed by atoms with E-state index in [1.807, 2.05) is 85.9 Å². The van der Waals surface area contributed by atoms with Gasteiger partial charge in [0, 0.05) is 22.2 Å². The van der Waals surface area contributed by atoms with E-state index in [1.54, 1.807) is 0 Å². The van der Waals surface area contributed by atoms with Crippen LogP contribution in [-0.4, -0.2) is 16.0 Å². The van der Waals surface area contributed by atoms with Gasteiger partial charge in [-0.05, 0) is 36.2 Å². The Kier molecular flexibility index (Phi) is 4.47. The van der Waals surface area contributed by atoms with Crippen LogP contribution in [0.1, 0.15) is 22.6 Å². The molecule has 0 aliphatic carbocycles. The van der Waals surface area contributed by atoms with E-state index in [0.29, 0.717) is 0 Å². The molecule has 1 unspecified atom stereocenters. The molecule has 134 valence electrons. The Bertz CT molecular complexity index is 1080. The average Bonchev–Trinajstić information content (AvgIpc) is 3.07. The van der Waals surface area contributed by atoms with Gasteiger partial charge in [0.05, 0.1) is 11.4 Å². The first-order valence-corrected chi connectivity index (χ1v) is 8.97. The third-order valence-corrected chi connectivity index (χ3v) is 4.96. The first kappa shape index (κ1) is 17.0. The van der Waals surface area contributed by atoms with Crippen molar-refractivity contribution in [3.63, 3.8) is 0 Å². The lowest BCUT2D eigenvalue weighted by Crippen LogP contribution is -2.13. The second-order valence-corrected chi connectivity index (χ2v) is 6.79. The monoisotopic (exact) mass is 356 g/mol. The van der Waals surface area contributed by atoms with Crippen molar-refractivity contribution in [3.05, 3.63) is 112 Å². The maximum atomic E-state index is 11.4. The van der Waals surface area contributed by atoms with Gasteiger partial charge >= 0.3 is 0 Å². The van der Waals surface area contributed by atoms with Crippen LogP contribution >= 0.6 is 0 Å². The first-order valence-electron chi connectivity index (χ1n) is 8.97. The molecule has 0 spiro atoms. The van der Waals surface area contributed by atoms with Gasteiger partial charge in [0.1, 0.15) is 0 Å². The van der Waals surface area contributed by atoms with Crippen LogP contribution in [0.25, 0.3) is 16.6 Å². The maximum Gasteiger partial charge on any atom is 0.214 e. The molecule has 27 heavy (non-hydrogen) atoms. The normalized spacial score (nSPS) is 12.2. The lowest BCUT2D eigenvalue weighted by molar-refractivity contribution is -0.481. The third kappa shape index (κ3) is 3.34. The van der Waals surface area contributed by atoms with Crippen LogP contribution in [0.15, 0.2) is 85.1 Å². The standard InChI is InChI=1S/C23H20N2O2/c1-17-11-13-18(14-12-17)21(16-25(26)27)22-15-24(19-7-3-2-4-8-19)23-10-6-5-9-20(22)23/h2-15,21H,16H2,1H3. The number of para-hydroxylation sites is 2. The van der Waals surface area contributed by atoms with E-state index in [4.69, 9.17) is 0 Å². The molecule has 1 heterocycles. The molecule has 0 N–H and O–H groups in total. The van der Waals surface area contributed by atoms with Crippen molar-refractivity contribution in [1.82, 2.24) is 4.57 Å². The maximum absolute atomic E-state index is 11.4. The lowest BCUT2D eigenvalue weighted by atomic mass is 9.90. The van der Waals surface area contributed by atoms with E-state index in [9.17, 15) is 10.1 Å². The minimum Gasteiger partial charge on any atom is -0.316 e. The minimum absolute atomic E-state index is 0.133. The summed E-state index contributed by atoms with van der Waals surface area (Å²) in [5.74, 6) is -0.296. The highest BCUT2D eigenvalue weighted by Gasteiger charge is 2.24. The van der Waals surface area contributed by atoms with E-state index in [0.717, 1.165) is 33.3 Å². The molecule has 0 aliphatic rings. The molecule has 0 radical (unpaired) electrons. The summed E-state index contributed by atoms with van der Waals surface area (Å²) in [5.41, 5.74) is 5.19. The molecule has 0 aliphatic heterocycles. The summed E-state index contributed by atoms with van der Waals surface area (Å²) in [6, 6.07) is 26.2. The Hall–Kier alpha value is -3.40. The van der Waals surface area contributed by atoms with Crippen LogP contribution in [-0.2, 0) is 0 Å². The van der Waals surface area contributed by atoms with Gasteiger partial charge in [-0.2, -0.15) is 0 Å². The smallest absolute Gasteiger partial charge is 0.214 e. The Morgan fingerprint density at radius 2 is 1.59 bits per heavy atom. The zero-order valence-electron chi connectivity index (χ0n) is 15.1. The SMILES string of the molecule is Cc1ccc(C(C[N+](=O)[O-])c2cn(-c3ccccc3)c3ccccc23)cc1. The number of hydrogen-bond acceptors (Lipinski definition) is 2. The van der Waals surface area contributed by atoms with Crippen molar-refractivity contribution >= 4 is 10.9 Å². The summed E-state index contributed by atoms with van der Waals surface area (Å²) >= 11 is 0. The van der Waals surface area contributed by atoms with Crippen molar-refractivity contribution < 1.29 is 4.92 Å². The van der Waals surface area contributed by atoms with Crippen LogP contribution in [0.2, 0.25) is 0 Å². The second kappa shape index (κ2) is 7.08. The van der Waals surface area contributed by atoms with Crippen molar-refractivity contribution in [3.8, 4) is 5.69 Å². The van der Waals surface area contributed by atoms with Crippen molar-refractivity contribution in [2.75, 3.05) is 6.54 Å². The molecule has 4 aromatic rings. The molecule has 0 fully saturated rings. The average molecular weight is 356 g/mol. The third-order valence-electron chi connectivity index (χ3n) is 4.96. The molecular formula is C23H20N2O2. The van der Waals surface area contributed by atoms with Crippen LogP contribution in [0.5, 0.6) is 0 Å². The molecule has 0 bridgehead atoms. The van der Waals surface area contributed by atoms with Crippen molar-refractivity contribution in [2.24, 2.45) is 0 Å². The van der Waals surface area contributed by atoms with Crippen LogP contribution < -0.4 is 0 Å². The molecule has 1 atom stereocenters. The molecule has 0 saturated carbocycles. The van der Waals surface area contributed by atoms with Gasteiger partial charge in [0.2, 0.25) is 6.54 Å². The predicted molar refractivity (Wildman–Crippen MR) is 108 cm³/mol. The molecular weight excluding hydrogens is 336 g/mol. The van der Waals surface area contributed by atoms with Gasteiger partial charge in [-0.25, -0.2) is 0 Å². The number of rotatable bonds is 5. The fraction of sp³-hybridized carbons (Fsp3) is 0.130. The van der Waals surface area contributed by atoms with Crippen LogP contribution in [0.3, 0.4) is 0 Å². The van der Waals surface area contributed by atoms with Gasteiger partial charge in [-0.1, -0.05) is 66.2 Å². The minimum atomic E-state index is -0.296. The number of aryl methyl sites for hydroxylation is 1. The summed E-state index contributed by atoms with van der Waals surface area (Å²) < 4.78 is 2.12. The zero-order chi connectivity index (χ0) is 18.8. The number of nitro groups is 1. The van der Waals surface area contributed by atoms with Crippen molar-refractivity contribution in [1.29, 1.82) is 0 Å². The Labute approximate surface area is 157 Å². The largest absolute Gasteiger partial charge is 0.316 e. The van der Waals surface area contributed by atoms with E-state index in [1.165, 1.54) is 0 Å². The highest BCUT2D eigenvalue weighted by molar-refractivity contribution is 5.86. The summed E-state index contributed by atoms with van der Waals surface area (Å²) in [7, 11) is 0. The Morgan fingerprint density at radius 3 is 2.30 bits per heavy atom. The predicted octanol–water partition coefficient (Wildman–Crippen LogP) is 5.35. The zero-order valence-corrected chi connectivity index (χ0v) is 15.1. The van der Waals surface area contributed by atoms with Gasteiger partial charge in [-0.15, -0.1) is 0 Å². The fourth-order valence-corrected chi connectivity index (χ4v) is 3.62. The van der Waals surface area contributed by atoms with Gasteiger partial charge < -0.3 is 4.57 Å². The van der Waals surface area contributed by atoms with E-state index in [-0.39, 0.29) is 17.4 Å². The molecule has 4 nitrogen and oxygen atoms in total. The Balaban J connectivity index is 1.92. The molecule has 1 aromatic heterocycles. The second-order valence-electron chi connectivity index (χ2n) is 6.79. The Morgan fingerprint density at radius 1 is 0.926 bits per heavy atom. The van der Waals surface area contributed by atoms with E-state index in [2.05, 4.69) is 10.6 Å². The highest BCUT2D eigenvalue weighted by atomic mass is 16.6. The molecule has 4 rings (SSSR count). The molecule has 4 heteroatoms. The van der Waals surface area contributed by atoms with Gasteiger partial charge in [0.15, 0.2) is 0 Å². The fourth-order valence-electron chi connectivity index (χ4n) is 3.62. The van der Waals surface area contributed by atoms with E-state index >= 15 is 0 Å². The number of nitrogens with zero attached hydrogens (tertiary/aromatic N) is 2.